The van der Waals surface area contributed by atoms with Gasteiger partial charge in [-0.3, -0.25) is 5.10 Å². The minimum absolute atomic E-state index is 0.261. The van der Waals surface area contributed by atoms with Crippen molar-refractivity contribution in [2.24, 2.45) is 0 Å². The molecule has 0 spiro atoms. The number of para-hydroxylation sites is 2. The number of carbonyl (C=O) groups excluding carboxylic acids is 1. The molecule has 7 nitrogen and oxygen atoms in total. The second-order valence-corrected chi connectivity index (χ2v) is 7.00. The molecule has 0 unspecified atom stereocenters. The molecule has 2 aromatic heterocycles. The molecular weight excluding hydrogens is 390 g/mol. The number of oxazole rings is 1. The highest BCUT2D eigenvalue weighted by molar-refractivity contribution is 5.90. The number of urea groups is 1. The minimum Gasteiger partial charge on any atom is -0.436 e. The van der Waals surface area contributed by atoms with E-state index < -0.39 is 0 Å². The van der Waals surface area contributed by atoms with Crippen LogP contribution in [0.15, 0.2) is 89.5 Å². The fourth-order valence-corrected chi connectivity index (χ4v) is 3.33. The topological polar surface area (TPSA) is 95.8 Å². The lowest BCUT2D eigenvalue weighted by Crippen LogP contribution is -2.28. The molecule has 0 saturated heterocycles. The number of rotatable bonds is 5. The first kappa shape index (κ1) is 18.6. The quantitative estimate of drug-likeness (QED) is 0.371. The van der Waals surface area contributed by atoms with Gasteiger partial charge in [-0.15, -0.1) is 0 Å². The Labute approximate surface area is 178 Å². The Bertz CT molecular complexity index is 1290. The molecule has 0 aliphatic carbocycles. The Morgan fingerprint density at radius 1 is 0.935 bits per heavy atom. The van der Waals surface area contributed by atoms with E-state index in [0.717, 1.165) is 33.5 Å². The molecule has 0 fully saturated rings. The predicted octanol–water partition coefficient (Wildman–Crippen LogP) is 5.21. The van der Waals surface area contributed by atoms with Crippen LogP contribution >= 0.6 is 0 Å². The summed E-state index contributed by atoms with van der Waals surface area (Å²) in [6, 6.07) is 24.6. The van der Waals surface area contributed by atoms with Gasteiger partial charge in [-0.1, -0.05) is 54.6 Å². The van der Waals surface area contributed by atoms with Gasteiger partial charge in [0.2, 0.25) is 5.89 Å². The summed E-state index contributed by atoms with van der Waals surface area (Å²) in [4.78, 5) is 16.7. The Morgan fingerprint density at radius 3 is 2.52 bits per heavy atom. The number of H-pyrrole nitrogens is 1. The lowest BCUT2D eigenvalue weighted by molar-refractivity contribution is 0.251. The average molecular weight is 409 g/mol. The number of fused-ring (bicyclic) bond motifs is 1. The molecule has 0 radical (unpaired) electrons. The lowest BCUT2D eigenvalue weighted by Gasteiger charge is -2.08. The van der Waals surface area contributed by atoms with Gasteiger partial charge in [-0.2, -0.15) is 5.10 Å². The van der Waals surface area contributed by atoms with Gasteiger partial charge in [0.25, 0.3) is 0 Å². The van der Waals surface area contributed by atoms with Crippen molar-refractivity contribution in [3.8, 4) is 22.7 Å². The van der Waals surface area contributed by atoms with Crippen molar-refractivity contribution in [2.75, 3.05) is 5.32 Å². The molecule has 5 rings (SSSR count). The van der Waals surface area contributed by atoms with Crippen LogP contribution in [-0.2, 0) is 6.54 Å². The summed E-state index contributed by atoms with van der Waals surface area (Å²) in [5.41, 5.74) is 5.64. The maximum absolute atomic E-state index is 12.2. The van der Waals surface area contributed by atoms with E-state index in [0.29, 0.717) is 18.1 Å². The number of carbonyl (C=O) groups is 1. The number of aromatic nitrogens is 3. The van der Waals surface area contributed by atoms with Gasteiger partial charge < -0.3 is 15.1 Å². The summed E-state index contributed by atoms with van der Waals surface area (Å²) in [6.07, 6.45) is 1.77. The van der Waals surface area contributed by atoms with Crippen molar-refractivity contribution in [3.05, 3.63) is 90.6 Å². The first-order chi connectivity index (χ1) is 15.3. The zero-order valence-corrected chi connectivity index (χ0v) is 16.5. The molecule has 2 amide bonds. The number of amides is 2. The van der Waals surface area contributed by atoms with Gasteiger partial charge >= 0.3 is 6.03 Å². The largest absolute Gasteiger partial charge is 0.436 e. The zero-order chi connectivity index (χ0) is 21.0. The summed E-state index contributed by atoms with van der Waals surface area (Å²) in [6.45, 7) is 0.464. The smallest absolute Gasteiger partial charge is 0.319 e. The van der Waals surface area contributed by atoms with Crippen LogP contribution in [0.1, 0.15) is 5.56 Å². The third-order valence-corrected chi connectivity index (χ3v) is 4.88. The van der Waals surface area contributed by atoms with Gasteiger partial charge in [0, 0.05) is 24.0 Å². The van der Waals surface area contributed by atoms with Crippen LogP contribution in [0.3, 0.4) is 0 Å². The van der Waals surface area contributed by atoms with E-state index >= 15 is 0 Å². The minimum atomic E-state index is -0.261. The number of hydrogen-bond acceptors (Lipinski definition) is 4. The third-order valence-electron chi connectivity index (χ3n) is 4.88. The molecule has 5 aromatic rings. The molecule has 3 N–H and O–H groups in total. The summed E-state index contributed by atoms with van der Waals surface area (Å²) in [5.74, 6) is 0.507. The van der Waals surface area contributed by atoms with Crippen molar-refractivity contribution in [3.63, 3.8) is 0 Å². The summed E-state index contributed by atoms with van der Waals surface area (Å²) >= 11 is 0. The second kappa shape index (κ2) is 8.16. The number of nitrogens with one attached hydrogen (secondary N) is 3. The van der Waals surface area contributed by atoms with Gasteiger partial charge in [-0.05, 0) is 29.8 Å². The molecule has 0 saturated carbocycles. The van der Waals surface area contributed by atoms with E-state index in [1.807, 2.05) is 78.9 Å². The summed E-state index contributed by atoms with van der Waals surface area (Å²) in [7, 11) is 0. The van der Waals surface area contributed by atoms with Gasteiger partial charge in [0.15, 0.2) is 5.58 Å². The second-order valence-electron chi connectivity index (χ2n) is 7.00. The summed E-state index contributed by atoms with van der Waals surface area (Å²) in [5, 5.41) is 12.9. The first-order valence-electron chi connectivity index (χ1n) is 9.85. The van der Waals surface area contributed by atoms with E-state index in [1.54, 1.807) is 6.20 Å². The van der Waals surface area contributed by atoms with Crippen molar-refractivity contribution in [1.82, 2.24) is 20.5 Å². The van der Waals surface area contributed by atoms with Crippen molar-refractivity contribution in [1.29, 1.82) is 0 Å². The van der Waals surface area contributed by atoms with Gasteiger partial charge in [0.05, 0.1) is 5.56 Å². The maximum Gasteiger partial charge on any atom is 0.319 e. The van der Waals surface area contributed by atoms with E-state index in [2.05, 4.69) is 25.8 Å². The SMILES string of the molecule is O=C(NCc1ccccc1)Nc1ccc(-c2n[nH]cc2-c2nc3ccccc3o2)cc1. The Balaban J connectivity index is 1.29. The van der Waals surface area contributed by atoms with Gasteiger partial charge in [-0.25, -0.2) is 9.78 Å². The van der Waals surface area contributed by atoms with E-state index in [-0.39, 0.29) is 6.03 Å². The molecular formula is C24H19N5O2. The Kier molecular flexibility index (Phi) is 4.90. The van der Waals surface area contributed by atoms with Crippen LogP contribution in [0.5, 0.6) is 0 Å². The maximum atomic E-state index is 12.2. The monoisotopic (exact) mass is 409 g/mol. The van der Waals surface area contributed by atoms with Crippen LogP contribution in [-0.4, -0.2) is 21.2 Å². The molecule has 0 bridgehead atoms. The van der Waals surface area contributed by atoms with Crippen LogP contribution in [0.4, 0.5) is 10.5 Å². The van der Waals surface area contributed by atoms with Crippen molar-refractivity contribution < 1.29 is 9.21 Å². The van der Waals surface area contributed by atoms with E-state index in [4.69, 9.17) is 4.42 Å². The van der Waals surface area contributed by atoms with E-state index in [9.17, 15) is 4.79 Å². The zero-order valence-electron chi connectivity index (χ0n) is 16.5. The van der Waals surface area contributed by atoms with Crippen LogP contribution in [0.2, 0.25) is 0 Å². The van der Waals surface area contributed by atoms with Crippen molar-refractivity contribution >= 4 is 22.8 Å². The normalized spacial score (nSPS) is 10.8. The number of nitrogens with zero attached hydrogens (tertiary/aromatic N) is 2. The Hall–Kier alpha value is -4.39. The molecule has 0 aliphatic heterocycles. The lowest BCUT2D eigenvalue weighted by atomic mass is 10.1. The average Bonchev–Trinajstić information content (AvgIpc) is 3.46. The molecule has 31 heavy (non-hydrogen) atoms. The Morgan fingerprint density at radius 2 is 1.71 bits per heavy atom. The van der Waals surface area contributed by atoms with Crippen LogP contribution in [0, 0.1) is 0 Å². The van der Waals surface area contributed by atoms with E-state index in [1.165, 1.54) is 0 Å². The predicted molar refractivity (Wildman–Crippen MR) is 119 cm³/mol. The van der Waals surface area contributed by atoms with Gasteiger partial charge in [0.1, 0.15) is 11.2 Å². The number of hydrogen-bond donors (Lipinski definition) is 3. The highest BCUT2D eigenvalue weighted by Gasteiger charge is 2.16. The van der Waals surface area contributed by atoms with Crippen molar-refractivity contribution in [2.45, 2.75) is 6.54 Å². The molecule has 152 valence electrons. The number of benzene rings is 3. The molecule has 2 heterocycles. The number of aromatic amines is 1. The molecule has 0 aliphatic rings. The molecule has 0 atom stereocenters. The van der Waals surface area contributed by atoms with Crippen LogP contribution < -0.4 is 10.6 Å². The number of anilines is 1. The molecule has 3 aromatic carbocycles. The highest BCUT2D eigenvalue weighted by Crippen LogP contribution is 2.32. The molecule has 7 heteroatoms. The summed E-state index contributed by atoms with van der Waals surface area (Å²) < 4.78 is 5.88. The third kappa shape index (κ3) is 4.02. The fourth-order valence-electron chi connectivity index (χ4n) is 3.33. The highest BCUT2D eigenvalue weighted by atomic mass is 16.3. The fraction of sp³-hybridized carbons (Fsp3) is 0.0417. The standard InChI is InChI=1S/C24H19N5O2/c30-24(25-14-16-6-2-1-3-7-16)27-18-12-10-17(11-13-18)22-19(15-26-29-22)23-28-20-8-4-5-9-21(20)31-23/h1-13,15H,14H2,(H,26,29)(H2,25,27,30). The first-order valence-corrected chi connectivity index (χ1v) is 9.85. The van der Waals surface area contributed by atoms with Crippen LogP contribution in [0.25, 0.3) is 33.8 Å².